The molecule has 1 aromatic heterocycles. The first-order valence-electron chi connectivity index (χ1n) is 5.27. The van der Waals surface area contributed by atoms with Gasteiger partial charge in [-0.05, 0) is 0 Å². The summed E-state index contributed by atoms with van der Waals surface area (Å²) >= 11 is 0. The quantitative estimate of drug-likeness (QED) is 0.660. The van der Waals surface area contributed by atoms with E-state index in [1.807, 2.05) is 0 Å². The second-order valence-electron chi connectivity index (χ2n) is 3.59. The van der Waals surface area contributed by atoms with Crippen molar-refractivity contribution in [2.45, 2.75) is 13.0 Å². The zero-order chi connectivity index (χ0) is 13.5. The number of rotatable bonds is 8. The molecule has 0 aliphatic carbocycles. The van der Waals surface area contributed by atoms with Crippen molar-refractivity contribution >= 4 is 5.97 Å². The van der Waals surface area contributed by atoms with Crippen LogP contribution in [0.2, 0.25) is 0 Å². The Morgan fingerprint density at radius 1 is 1.50 bits per heavy atom. The maximum Gasteiger partial charge on any atom is 0.358 e. The lowest BCUT2D eigenvalue weighted by molar-refractivity contribution is 0.0690. The van der Waals surface area contributed by atoms with E-state index in [-0.39, 0.29) is 31.9 Å². The van der Waals surface area contributed by atoms with Gasteiger partial charge in [-0.1, -0.05) is 5.21 Å². The SMILES string of the molecule is O=C(O)c1cn(CCN(CCO)CC(F)F)nn1. The van der Waals surface area contributed by atoms with Crippen molar-refractivity contribution in [3.8, 4) is 0 Å². The van der Waals surface area contributed by atoms with Crippen LogP contribution in [-0.2, 0) is 6.54 Å². The second kappa shape index (κ2) is 6.97. The number of aliphatic hydroxyl groups excluding tert-OH is 1. The largest absolute Gasteiger partial charge is 0.476 e. The molecule has 102 valence electrons. The first kappa shape index (κ1) is 14.5. The van der Waals surface area contributed by atoms with Gasteiger partial charge in [-0.15, -0.1) is 5.10 Å². The monoisotopic (exact) mass is 264 g/mol. The zero-order valence-corrected chi connectivity index (χ0v) is 9.54. The number of aromatic carboxylic acids is 1. The summed E-state index contributed by atoms with van der Waals surface area (Å²) < 4.78 is 25.7. The molecule has 0 saturated heterocycles. The normalized spacial score (nSPS) is 11.4. The maximum absolute atomic E-state index is 12.2. The lowest BCUT2D eigenvalue weighted by atomic mass is 10.4. The first-order valence-corrected chi connectivity index (χ1v) is 5.27. The van der Waals surface area contributed by atoms with Crippen LogP contribution >= 0.6 is 0 Å². The van der Waals surface area contributed by atoms with Gasteiger partial charge < -0.3 is 10.2 Å². The number of aromatic nitrogens is 3. The summed E-state index contributed by atoms with van der Waals surface area (Å²) in [7, 11) is 0. The molecular formula is C9H14F2N4O3. The van der Waals surface area contributed by atoms with Crippen molar-refractivity contribution in [2.75, 3.05) is 26.2 Å². The fraction of sp³-hybridized carbons (Fsp3) is 0.667. The third-order valence-electron chi connectivity index (χ3n) is 2.22. The molecule has 1 aromatic rings. The highest BCUT2D eigenvalue weighted by atomic mass is 19.3. The van der Waals surface area contributed by atoms with Crippen LogP contribution in [0.15, 0.2) is 6.20 Å². The fourth-order valence-electron chi connectivity index (χ4n) is 1.38. The van der Waals surface area contributed by atoms with E-state index in [4.69, 9.17) is 10.2 Å². The number of hydrogen-bond acceptors (Lipinski definition) is 5. The molecule has 0 aliphatic rings. The second-order valence-corrected chi connectivity index (χ2v) is 3.59. The van der Waals surface area contributed by atoms with Gasteiger partial charge in [-0.3, -0.25) is 9.58 Å². The molecule has 18 heavy (non-hydrogen) atoms. The molecule has 9 heteroatoms. The Balaban J connectivity index is 2.47. The van der Waals surface area contributed by atoms with E-state index < -0.39 is 18.9 Å². The molecule has 1 rings (SSSR count). The van der Waals surface area contributed by atoms with Gasteiger partial charge in [0.25, 0.3) is 6.43 Å². The highest BCUT2D eigenvalue weighted by molar-refractivity contribution is 5.84. The standard InChI is InChI=1S/C9H14F2N4O3/c10-8(11)6-14(3-4-16)1-2-15-5-7(9(17)18)12-13-15/h5,8,16H,1-4,6H2,(H,17,18). The van der Waals surface area contributed by atoms with Gasteiger partial charge in [0.15, 0.2) is 5.69 Å². The van der Waals surface area contributed by atoms with Gasteiger partial charge in [0.2, 0.25) is 0 Å². The predicted octanol–water partition coefficient (Wildman–Crippen LogP) is -0.464. The Kier molecular flexibility index (Phi) is 5.59. The molecule has 0 fully saturated rings. The third kappa shape index (κ3) is 4.72. The van der Waals surface area contributed by atoms with E-state index in [0.29, 0.717) is 0 Å². The summed E-state index contributed by atoms with van der Waals surface area (Å²) in [6, 6.07) is 0. The molecule has 2 N–H and O–H groups in total. The Labute approximate surface area is 102 Å². The molecular weight excluding hydrogens is 250 g/mol. The summed E-state index contributed by atoms with van der Waals surface area (Å²) in [6.07, 6.45) is -1.26. The van der Waals surface area contributed by atoms with Crippen molar-refractivity contribution in [3.05, 3.63) is 11.9 Å². The van der Waals surface area contributed by atoms with Crippen LogP contribution in [0.25, 0.3) is 0 Å². The minimum atomic E-state index is -2.48. The minimum Gasteiger partial charge on any atom is -0.476 e. The molecule has 0 unspecified atom stereocenters. The van der Waals surface area contributed by atoms with Gasteiger partial charge in [0, 0.05) is 13.1 Å². The summed E-state index contributed by atoms with van der Waals surface area (Å²) in [6.45, 7) is -0.0728. The van der Waals surface area contributed by atoms with Gasteiger partial charge in [-0.2, -0.15) is 0 Å². The number of carbonyl (C=O) groups is 1. The van der Waals surface area contributed by atoms with E-state index in [0.717, 1.165) is 0 Å². The van der Waals surface area contributed by atoms with Crippen LogP contribution in [0, 0.1) is 0 Å². The average molecular weight is 264 g/mol. The molecule has 1 heterocycles. The molecule has 0 spiro atoms. The Hall–Kier alpha value is -1.61. The maximum atomic E-state index is 12.2. The van der Waals surface area contributed by atoms with E-state index in [2.05, 4.69) is 10.3 Å². The van der Waals surface area contributed by atoms with Gasteiger partial charge in [0.1, 0.15) is 0 Å². The van der Waals surface area contributed by atoms with Crippen molar-refractivity contribution in [2.24, 2.45) is 0 Å². The number of carboxylic acid groups (broad SMARTS) is 1. The van der Waals surface area contributed by atoms with Crippen LogP contribution in [0.1, 0.15) is 10.5 Å². The molecule has 7 nitrogen and oxygen atoms in total. The van der Waals surface area contributed by atoms with Crippen LogP contribution in [0.4, 0.5) is 8.78 Å². The number of carboxylic acids is 1. The van der Waals surface area contributed by atoms with Crippen molar-refractivity contribution in [1.82, 2.24) is 19.9 Å². The van der Waals surface area contributed by atoms with Crippen LogP contribution in [-0.4, -0.2) is 68.7 Å². The topological polar surface area (TPSA) is 91.5 Å². The summed E-state index contributed by atoms with van der Waals surface area (Å²) in [5.41, 5.74) is -0.197. The minimum absolute atomic E-state index is 0.130. The smallest absolute Gasteiger partial charge is 0.358 e. The van der Waals surface area contributed by atoms with Gasteiger partial charge in [0.05, 0.1) is 25.9 Å². The molecule has 0 bridgehead atoms. The molecule has 0 aromatic carbocycles. The van der Waals surface area contributed by atoms with Crippen LogP contribution in [0.5, 0.6) is 0 Å². The number of halogens is 2. The van der Waals surface area contributed by atoms with E-state index in [1.165, 1.54) is 15.8 Å². The molecule has 0 aliphatic heterocycles. The highest BCUT2D eigenvalue weighted by Gasteiger charge is 2.13. The molecule has 0 atom stereocenters. The summed E-state index contributed by atoms with van der Waals surface area (Å²) in [5, 5.41) is 24.3. The highest BCUT2D eigenvalue weighted by Crippen LogP contribution is 1.99. The number of hydrogen-bond donors (Lipinski definition) is 2. The zero-order valence-electron chi connectivity index (χ0n) is 9.54. The Morgan fingerprint density at radius 2 is 2.22 bits per heavy atom. The predicted molar refractivity (Wildman–Crippen MR) is 56.5 cm³/mol. The van der Waals surface area contributed by atoms with Crippen LogP contribution < -0.4 is 0 Å². The first-order chi connectivity index (χ1) is 8.52. The Morgan fingerprint density at radius 3 is 2.72 bits per heavy atom. The fourth-order valence-corrected chi connectivity index (χ4v) is 1.38. The summed E-state index contributed by atoms with van der Waals surface area (Å²) in [5.74, 6) is -1.19. The van der Waals surface area contributed by atoms with E-state index >= 15 is 0 Å². The molecule has 0 radical (unpaired) electrons. The van der Waals surface area contributed by atoms with Gasteiger partial charge >= 0.3 is 5.97 Å². The van der Waals surface area contributed by atoms with Gasteiger partial charge in [-0.25, -0.2) is 13.6 Å². The van der Waals surface area contributed by atoms with Crippen molar-refractivity contribution in [1.29, 1.82) is 0 Å². The van der Waals surface area contributed by atoms with Crippen molar-refractivity contribution < 1.29 is 23.8 Å². The van der Waals surface area contributed by atoms with E-state index in [1.54, 1.807) is 0 Å². The third-order valence-corrected chi connectivity index (χ3v) is 2.22. The average Bonchev–Trinajstić information content (AvgIpc) is 2.74. The van der Waals surface area contributed by atoms with Crippen molar-refractivity contribution in [3.63, 3.8) is 0 Å². The van der Waals surface area contributed by atoms with Crippen LogP contribution in [0.3, 0.4) is 0 Å². The lowest BCUT2D eigenvalue weighted by Crippen LogP contribution is -2.34. The van der Waals surface area contributed by atoms with E-state index in [9.17, 15) is 13.6 Å². The summed E-state index contributed by atoms with van der Waals surface area (Å²) in [4.78, 5) is 11.9. The Bertz CT molecular complexity index is 386. The number of alkyl halides is 2. The molecule has 0 amide bonds. The number of aliphatic hydroxyl groups is 1. The lowest BCUT2D eigenvalue weighted by Gasteiger charge is -2.20. The molecule has 0 saturated carbocycles. The number of nitrogens with zero attached hydrogens (tertiary/aromatic N) is 4.